The number of rotatable bonds is 2. The van der Waals surface area contributed by atoms with Gasteiger partial charge < -0.3 is 0 Å². The summed E-state index contributed by atoms with van der Waals surface area (Å²) in [6, 6.07) is 2.05. The van der Waals surface area contributed by atoms with Crippen molar-refractivity contribution in [2.75, 3.05) is 0 Å². The number of thiophene rings is 1. The lowest BCUT2D eigenvalue weighted by molar-refractivity contribution is 0.495. The first-order chi connectivity index (χ1) is 6.65. The van der Waals surface area contributed by atoms with Crippen molar-refractivity contribution in [3.8, 4) is 0 Å². The van der Waals surface area contributed by atoms with Crippen LogP contribution in [0.15, 0.2) is 17.8 Å². The van der Waals surface area contributed by atoms with Crippen LogP contribution in [0.5, 0.6) is 0 Å². The third kappa shape index (κ3) is 1.42. The molecule has 2 heterocycles. The van der Waals surface area contributed by atoms with Gasteiger partial charge in [-0.15, -0.1) is 11.3 Å². The fraction of sp³-hybridized carbons (Fsp3) is 0.455. The summed E-state index contributed by atoms with van der Waals surface area (Å²) in [7, 11) is 0. The Bertz CT molecular complexity index is 445. The Morgan fingerprint density at radius 1 is 1.36 bits per heavy atom. The first kappa shape index (κ1) is 9.59. The predicted molar refractivity (Wildman–Crippen MR) is 60.7 cm³/mol. The molecule has 0 N–H and O–H groups in total. The van der Waals surface area contributed by atoms with Crippen molar-refractivity contribution in [2.24, 2.45) is 0 Å². The molecule has 0 aliphatic carbocycles. The van der Waals surface area contributed by atoms with E-state index in [9.17, 15) is 0 Å². The Morgan fingerprint density at radius 2 is 2.14 bits per heavy atom. The molecular formula is C11H14N2S. The molecule has 0 aliphatic rings. The Morgan fingerprint density at radius 3 is 2.86 bits per heavy atom. The van der Waals surface area contributed by atoms with E-state index in [0.29, 0.717) is 0 Å². The highest BCUT2D eigenvalue weighted by Crippen LogP contribution is 2.32. The molecule has 0 atom stereocenters. The molecule has 0 radical (unpaired) electrons. The molecule has 3 heteroatoms. The zero-order chi connectivity index (χ0) is 10.2. The molecule has 14 heavy (non-hydrogen) atoms. The Balaban J connectivity index is 2.67. The van der Waals surface area contributed by atoms with E-state index < -0.39 is 0 Å². The maximum absolute atomic E-state index is 4.42. The van der Waals surface area contributed by atoms with Crippen LogP contribution >= 0.6 is 11.3 Å². The number of nitrogens with zero attached hydrogens (tertiary/aromatic N) is 2. The van der Waals surface area contributed by atoms with Crippen LogP contribution in [0.2, 0.25) is 0 Å². The van der Waals surface area contributed by atoms with Gasteiger partial charge in [-0.1, -0.05) is 20.8 Å². The van der Waals surface area contributed by atoms with Gasteiger partial charge in [0.1, 0.15) is 6.33 Å². The molecule has 0 aromatic carbocycles. The van der Waals surface area contributed by atoms with Crippen molar-refractivity contribution in [3.63, 3.8) is 0 Å². The molecular weight excluding hydrogens is 192 g/mol. The van der Waals surface area contributed by atoms with Gasteiger partial charge in [-0.2, -0.15) is 0 Å². The maximum Gasteiger partial charge on any atom is 0.116 e. The van der Waals surface area contributed by atoms with Gasteiger partial charge in [-0.25, -0.2) is 9.97 Å². The van der Waals surface area contributed by atoms with Crippen molar-refractivity contribution in [1.29, 1.82) is 0 Å². The lowest BCUT2D eigenvalue weighted by Gasteiger charge is -2.21. The molecule has 0 saturated carbocycles. The Hall–Kier alpha value is -0.960. The third-order valence-electron chi connectivity index (χ3n) is 2.77. The summed E-state index contributed by atoms with van der Waals surface area (Å²) in [5, 5.41) is 2.08. The van der Waals surface area contributed by atoms with E-state index in [1.54, 1.807) is 17.7 Å². The maximum atomic E-state index is 4.42. The second-order valence-corrected chi connectivity index (χ2v) is 5.01. The molecule has 2 nitrogen and oxygen atoms in total. The first-order valence-corrected chi connectivity index (χ1v) is 5.72. The van der Waals surface area contributed by atoms with Crippen LogP contribution in [-0.4, -0.2) is 9.97 Å². The minimum Gasteiger partial charge on any atom is -0.239 e. The molecule has 0 spiro atoms. The average molecular weight is 206 g/mol. The lowest BCUT2D eigenvalue weighted by Crippen LogP contribution is -2.17. The Kier molecular flexibility index (Phi) is 2.27. The normalized spacial score (nSPS) is 12.2. The quantitative estimate of drug-likeness (QED) is 0.752. The van der Waals surface area contributed by atoms with E-state index in [2.05, 4.69) is 42.2 Å². The minimum absolute atomic E-state index is 0.145. The van der Waals surface area contributed by atoms with Gasteiger partial charge in [-0.3, -0.25) is 0 Å². The van der Waals surface area contributed by atoms with Gasteiger partial charge in [0.2, 0.25) is 0 Å². The fourth-order valence-corrected chi connectivity index (χ4v) is 2.45. The summed E-state index contributed by atoms with van der Waals surface area (Å²) in [5.41, 5.74) is 2.40. The number of hydrogen-bond acceptors (Lipinski definition) is 3. The summed E-state index contributed by atoms with van der Waals surface area (Å²) in [4.78, 5) is 8.67. The van der Waals surface area contributed by atoms with Crippen molar-refractivity contribution < 1.29 is 0 Å². The van der Waals surface area contributed by atoms with Gasteiger partial charge in [0.05, 0.1) is 15.9 Å². The smallest absolute Gasteiger partial charge is 0.116 e. The highest BCUT2D eigenvalue weighted by molar-refractivity contribution is 7.17. The highest BCUT2D eigenvalue weighted by atomic mass is 32.1. The van der Waals surface area contributed by atoms with Gasteiger partial charge in [-0.05, 0) is 17.9 Å². The number of aromatic nitrogens is 2. The first-order valence-electron chi connectivity index (χ1n) is 4.84. The Labute approximate surface area is 88.0 Å². The van der Waals surface area contributed by atoms with E-state index in [1.807, 2.05) is 0 Å². The van der Waals surface area contributed by atoms with Crippen molar-refractivity contribution in [1.82, 2.24) is 9.97 Å². The monoisotopic (exact) mass is 206 g/mol. The molecule has 0 bridgehead atoms. The molecule has 0 amide bonds. The third-order valence-corrected chi connectivity index (χ3v) is 3.68. The van der Waals surface area contributed by atoms with Crippen molar-refractivity contribution >= 4 is 21.6 Å². The van der Waals surface area contributed by atoms with E-state index in [0.717, 1.165) is 11.9 Å². The van der Waals surface area contributed by atoms with Crippen molar-refractivity contribution in [3.05, 3.63) is 23.5 Å². The van der Waals surface area contributed by atoms with Gasteiger partial charge in [0.25, 0.3) is 0 Å². The van der Waals surface area contributed by atoms with E-state index >= 15 is 0 Å². The summed E-state index contributed by atoms with van der Waals surface area (Å²) in [5.74, 6) is 0. The molecule has 0 fully saturated rings. The van der Waals surface area contributed by atoms with E-state index in [-0.39, 0.29) is 5.41 Å². The second kappa shape index (κ2) is 3.31. The molecule has 2 aromatic rings. The lowest BCUT2D eigenvalue weighted by atomic mass is 9.86. The molecule has 0 unspecified atom stereocenters. The molecule has 0 saturated heterocycles. The standard InChI is InChI=1S/C11H14N2S/c1-4-11(2,3)10-9-8(5-6-14-9)12-7-13-10/h5-7H,4H2,1-3H3. The zero-order valence-electron chi connectivity index (χ0n) is 8.74. The minimum atomic E-state index is 0.145. The van der Waals surface area contributed by atoms with Crippen LogP contribution in [0.25, 0.3) is 10.2 Å². The molecule has 2 rings (SSSR count). The largest absolute Gasteiger partial charge is 0.239 e. The highest BCUT2D eigenvalue weighted by Gasteiger charge is 2.22. The predicted octanol–water partition coefficient (Wildman–Crippen LogP) is 3.38. The summed E-state index contributed by atoms with van der Waals surface area (Å²) < 4.78 is 1.24. The van der Waals surface area contributed by atoms with Crippen LogP contribution < -0.4 is 0 Å². The molecule has 74 valence electrons. The number of fused-ring (bicyclic) bond motifs is 1. The van der Waals surface area contributed by atoms with Crippen molar-refractivity contribution in [2.45, 2.75) is 32.6 Å². The van der Waals surface area contributed by atoms with Gasteiger partial charge in [0, 0.05) is 5.41 Å². The van der Waals surface area contributed by atoms with Crippen LogP contribution in [0.1, 0.15) is 32.9 Å². The molecule has 2 aromatic heterocycles. The van der Waals surface area contributed by atoms with Crippen LogP contribution in [0.4, 0.5) is 0 Å². The summed E-state index contributed by atoms with van der Waals surface area (Å²) in [6.07, 6.45) is 2.76. The van der Waals surface area contributed by atoms with Crippen LogP contribution in [-0.2, 0) is 5.41 Å². The SMILES string of the molecule is CCC(C)(C)c1ncnc2ccsc12. The van der Waals surface area contributed by atoms with E-state index in [1.165, 1.54) is 10.4 Å². The topological polar surface area (TPSA) is 25.8 Å². The fourth-order valence-electron chi connectivity index (χ4n) is 1.44. The zero-order valence-corrected chi connectivity index (χ0v) is 9.56. The van der Waals surface area contributed by atoms with E-state index in [4.69, 9.17) is 0 Å². The summed E-state index contributed by atoms with van der Waals surface area (Å²) >= 11 is 1.73. The van der Waals surface area contributed by atoms with Crippen LogP contribution in [0.3, 0.4) is 0 Å². The van der Waals surface area contributed by atoms with Gasteiger partial charge >= 0.3 is 0 Å². The number of hydrogen-bond donors (Lipinski definition) is 0. The average Bonchev–Trinajstić information content (AvgIpc) is 2.64. The summed E-state index contributed by atoms with van der Waals surface area (Å²) in [6.45, 7) is 6.66. The van der Waals surface area contributed by atoms with Gasteiger partial charge in [0.15, 0.2) is 0 Å². The molecule has 0 aliphatic heterocycles. The second-order valence-electron chi connectivity index (χ2n) is 4.09. The van der Waals surface area contributed by atoms with Crippen LogP contribution in [0, 0.1) is 0 Å².